The number of nitrogens with one attached hydrogen (secondary N) is 1. The molecule has 0 aliphatic rings. The summed E-state index contributed by atoms with van der Waals surface area (Å²) in [6, 6.07) is 0. The third-order valence-electron chi connectivity index (χ3n) is 2.13. The molecule has 0 spiro atoms. The molecule has 0 bridgehead atoms. The highest BCUT2D eigenvalue weighted by atomic mass is 79.9. The number of halogens is 1. The monoisotopic (exact) mass is 285 g/mol. The van der Waals surface area contributed by atoms with Crippen molar-refractivity contribution in [2.24, 2.45) is 0 Å². The second-order valence-electron chi connectivity index (χ2n) is 3.43. The molecule has 1 heterocycles. The van der Waals surface area contributed by atoms with E-state index >= 15 is 0 Å². The smallest absolute Gasteiger partial charge is 0.283 e. The Hall–Kier alpha value is -1.10. The molecule has 0 aliphatic carbocycles. The normalized spacial score (nSPS) is 10.1. The van der Waals surface area contributed by atoms with Gasteiger partial charge in [0, 0.05) is 6.54 Å². The number of unbranched alkanes of at least 4 members (excludes halogenated alkanes) is 1. The summed E-state index contributed by atoms with van der Waals surface area (Å²) in [5.74, 6) is 0. The summed E-state index contributed by atoms with van der Waals surface area (Å²) >= 11 is 3.28. The van der Waals surface area contributed by atoms with Crippen molar-refractivity contribution in [2.45, 2.75) is 26.3 Å². The molecule has 0 aromatic carbocycles. The molecule has 0 atom stereocenters. The summed E-state index contributed by atoms with van der Waals surface area (Å²) in [5, 5.41) is 7.22. The number of aromatic nitrogens is 2. The number of allylic oxidation sites excluding steroid dienone is 1. The fourth-order valence-electron chi connectivity index (χ4n) is 1.24. The van der Waals surface area contributed by atoms with Crippen LogP contribution >= 0.6 is 15.9 Å². The predicted octanol–water partition coefficient (Wildman–Crippen LogP) is 2.40. The molecule has 0 saturated carbocycles. The SMILES string of the molecule is C=CCn1ncc(NCCCC)c(Br)c1=O. The van der Waals surface area contributed by atoms with E-state index in [0.29, 0.717) is 11.0 Å². The van der Waals surface area contributed by atoms with Crippen LogP contribution in [0.15, 0.2) is 28.1 Å². The fraction of sp³-hybridized carbons (Fsp3) is 0.455. The Balaban J connectivity index is 2.85. The fourth-order valence-corrected chi connectivity index (χ4v) is 1.69. The number of nitrogens with zero attached hydrogens (tertiary/aromatic N) is 2. The van der Waals surface area contributed by atoms with Gasteiger partial charge in [-0.3, -0.25) is 4.79 Å². The van der Waals surface area contributed by atoms with Crippen molar-refractivity contribution < 1.29 is 0 Å². The van der Waals surface area contributed by atoms with Crippen LogP contribution in [-0.4, -0.2) is 16.3 Å². The van der Waals surface area contributed by atoms with Crippen molar-refractivity contribution in [1.29, 1.82) is 0 Å². The molecule has 1 rings (SSSR count). The second-order valence-corrected chi connectivity index (χ2v) is 4.22. The van der Waals surface area contributed by atoms with E-state index in [1.807, 2.05) is 0 Å². The van der Waals surface area contributed by atoms with Crippen LogP contribution < -0.4 is 10.9 Å². The lowest BCUT2D eigenvalue weighted by Crippen LogP contribution is -2.24. The van der Waals surface area contributed by atoms with E-state index in [1.54, 1.807) is 12.3 Å². The van der Waals surface area contributed by atoms with Gasteiger partial charge >= 0.3 is 0 Å². The zero-order chi connectivity index (χ0) is 12.0. The van der Waals surface area contributed by atoms with Crippen molar-refractivity contribution in [3.8, 4) is 0 Å². The third kappa shape index (κ3) is 3.20. The van der Waals surface area contributed by atoms with Gasteiger partial charge in [-0.05, 0) is 22.4 Å². The molecule has 1 aromatic heterocycles. The lowest BCUT2D eigenvalue weighted by Gasteiger charge is -2.08. The molecular weight excluding hydrogens is 270 g/mol. The lowest BCUT2D eigenvalue weighted by molar-refractivity contribution is 0.648. The average molecular weight is 286 g/mol. The molecule has 1 aromatic rings. The highest BCUT2D eigenvalue weighted by Gasteiger charge is 2.06. The van der Waals surface area contributed by atoms with Crippen molar-refractivity contribution >= 4 is 21.6 Å². The minimum atomic E-state index is -0.138. The zero-order valence-corrected chi connectivity index (χ0v) is 11.0. The van der Waals surface area contributed by atoms with Gasteiger partial charge in [0.1, 0.15) is 4.47 Å². The minimum Gasteiger partial charge on any atom is -0.383 e. The third-order valence-corrected chi connectivity index (χ3v) is 2.90. The second kappa shape index (κ2) is 6.48. The predicted molar refractivity (Wildman–Crippen MR) is 69.8 cm³/mol. The maximum Gasteiger partial charge on any atom is 0.283 e. The molecule has 5 heteroatoms. The minimum absolute atomic E-state index is 0.138. The first-order valence-corrected chi connectivity index (χ1v) is 6.10. The molecule has 0 unspecified atom stereocenters. The molecule has 0 aliphatic heterocycles. The van der Waals surface area contributed by atoms with Crippen LogP contribution in [-0.2, 0) is 6.54 Å². The average Bonchev–Trinajstić information content (AvgIpc) is 2.28. The summed E-state index contributed by atoms with van der Waals surface area (Å²) in [6.45, 7) is 6.97. The van der Waals surface area contributed by atoms with Crippen molar-refractivity contribution in [2.75, 3.05) is 11.9 Å². The van der Waals surface area contributed by atoms with Crippen LogP contribution in [0.1, 0.15) is 19.8 Å². The van der Waals surface area contributed by atoms with Crippen LogP contribution in [0.2, 0.25) is 0 Å². The number of rotatable bonds is 6. The first-order chi connectivity index (χ1) is 7.70. The lowest BCUT2D eigenvalue weighted by atomic mass is 10.3. The molecule has 0 fully saturated rings. The number of hydrogen-bond acceptors (Lipinski definition) is 3. The van der Waals surface area contributed by atoms with Crippen molar-refractivity contribution in [3.05, 3.63) is 33.7 Å². The van der Waals surface area contributed by atoms with Crippen LogP contribution in [0.4, 0.5) is 5.69 Å². The Labute approximate surface area is 103 Å². The standard InChI is InChI=1S/C11H16BrN3O/c1-3-5-6-13-9-8-14-15(7-4-2)11(16)10(9)12/h4,8,13H,2-3,5-7H2,1H3. The van der Waals surface area contributed by atoms with E-state index in [1.165, 1.54) is 4.68 Å². The van der Waals surface area contributed by atoms with Gasteiger partial charge in [-0.2, -0.15) is 5.10 Å². The van der Waals surface area contributed by atoms with Gasteiger partial charge in [-0.1, -0.05) is 19.4 Å². The van der Waals surface area contributed by atoms with E-state index < -0.39 is 0 Å². The topological polar surface area (TPSA) is 46.9 Å². The zero-order valence-electron chi connectivity index (χ0n) is 9.37. The van der Waals surface area contributed by atoms with Gasteiger partial charge in [0.05, 0.1) is 18.4 Å². The molecule has 4 nitrogen and oxygen atoms in total. The number of anilines is 1. The number of hydrogen-bond donors (Lipinski definition) is 1. The van der Waals surface area contributed by atoms with Crippen LogP contribution in [0, 0.1) is 0 Å². The van der Waals surface area contributed by atoms with Crippen LogP contribution in [0.25, 0.3) is 0 Å². The maximum atomic E-state index is 11.8. The van der Waals surface area contributed by atoms with Crippen molar-refractivity contribution in [3.63, 3.8) is 0 Å². The van der Waals surface area contributed by atoms with Crippen LogP contribution in [0.3, 0.4) is 0 Å². The molecule has 88 valence electrons. The van der Waals surface area contributed by atoms with E-state index in [-0.39, 0.29) is 5.56 Å². The Morgan fingerprint density at radius 2 is 2.44 bits per heavy atom. The largest absolute Gasteiger partial charge is 0.383 e. The summed E-state index contributed by atoms with van der Waals surface area (Å²) in [4.78, 5) is 11.8. The Morgan fingerprint density at radius 3 is 3.06 bits per heavy atom. The van der Waals surface area contributed by atoms with E-state index in [2.05, 4.69) is 39.8 Å². The first kappa shape index (κ1) is 13.0. The molecule has 0 radical (unpaired) electrons. The van der Waals surface area contributed by atoms with Gasteiger partial charge in [0.2, 0.25) is 0 Å². The molecule has 0 amide bonds. The highest BCUT2D eigenvalue weighted by molar-refractivity contribution is 9.10. The molecule has 16 heavy (non-hydrogen) atoms. The maximum absolute atomic E-state index is 11.8. The van der Waals surface area contributed by atoms with Gasteiger partial charge in [0.15, 0.2) is 0 Å². The summed E-state index contributed by atoms with van der Waals surface area (Å²) in [5.41, 5.74) is 0.611. The van der Waals surface area contributed by atoms with Gasteiger partial charge < -0.3 is 5.32 Å². The van der Waals surface area contributed by atoms with Gasteiger partial charge in [-0.25, -0.2) is 4.68 Å². The first-order valence-electron chi connectivity index (χ1n) is 5.31. The van der Waals surface area contributed by atoms with E-state index in [9.17, 15) is 4.79 Å². The highest BCUT2D eigenvalue weighted by Crippen LogP contribution is 2.15. The summed E-state index contributed by atoms with van der Waals surface area (Å²) in [6.07, 6.45) is 5.49. The van der Waals surface area contributed by atoms with Crippen molar-refractivity contribution in [1.82, 2.24) is 9.78 Å². The summed E-state index contributed by atoms with van der Waals surface area (Å²) in [7, 11) is 0. The van der Waals surface area contributed by atoms with Gasteiger partial charge in [0.25, 0.3) is 5.56 Å². The van der Waals surface area contributed by atoms with E-state index in [0.717, 1.165) is 25.1 Å². The molecular formula is C11H16BrN3O. The molecule has 1 N–H and O–H groups in total. The Kier molecular flexibility index (Phi) is 5.25. The quantitative estimate of drug-likeness (QED) is 0.645. The Morgan fingerprint density at radius 1 is 1.69 bits per heavy atom. The molecule has 0 saturated heterocycles. The van der Waals surface area contributed by atoms with Gasteiger partial charge in [-0.15, -0.1) is 6.58 Å². The van der Waals surface area contributed by atoms with E-state index in [4.69, 9.17) is 0 Å². The summed E-state index contributed by atoms with van der Waals surface area (Å²) < 4.78 is 1.89. The van der Waals surface area contributed by atoms with Crippen LogP contribution in [0.5, 0.6) is 0 Å². The Bertz CT molecular complexity index is 414.